The van der Waals surface area contributed by atoms with Gasteiger partial charge < -0.3 is 10.4 Å². The summed E-state index contributed by atoms with van der Waals surface area (Å²) < 4.78 is 27.1. The predicted molar refractivity (Wildman–Crippen MR) is 65.1 cm³/mol. The number of benzene rings is 1. The van der Waals surface area contributed by atoms with E-state index in [1.165, 1.54) is 12.1 Å². The average molecular weight is 243 g/mol. The number of aryl methyl sites for hydroxylation is 1. The highest BCUT2D eigenvalue weighted by Gasteiger charge is 2.23. The predicted octanol–water partition coefficient (Wildman–Crippen LogP) is 3.24. The molecule has 0 unspecified atom stereocenters. The van der Waals surface area contributed by atoms with Crippen molar-refractivity contribution in [1.82, 2.24) is 0 Å². The maximum atomic E-state index is 13.7. The molecular weight excluding hydrogens is 224 g/mol. The minimum Gasteiger partial charge on any atom is -0.388 e. The van der Waals surface area contributed by atoms with Gasteiger partial charge in [-0.15, -0.1) is 0 Å². The van der Waals surface area contributed by atoms with Crippen molar-refractivity contribution in [2.24, 2.45) is 0 Å². The van der Waals surface area contributed by atoms with Crippen LogP contribution in [0.5, 0.6) is 0 Å². The minimum atomic E-state index is -0.928. The van der Waals surface area contributed by atoms with E-state index >= 15 is 0 Å². The van der Waals surface area contributed by atoms with E-state index in [-0.39, 0.29) is 12.2 Å². The maximum absolute atomic E-state index is 13.7. The van der Waals surface area contributed by atoms with E-state index < -0.39 is 17.2 Å². The fourth-order valence-corrected chi connectivity index (χ4v) is 1.57. The van der Waals surface area contributed by atoms with Crippen LogP contribution in [0.1, 0.15) is 32.3 Å². The molecule has 1 aromatic carbocycles. The summed E-state index contributed by atoms with van der Waals surface area (Å²) in [5, 5.41) is 12.7. The standard InChI is InChI=1S/C13H19F2NO/c1-4-13(17,5-2)8-16-12-10(14)7-6-9(3)11(12)15/h6-7,16-17H,4-5,8H2,1-3H3. The largest absolute Gasteiger partial charge is 0.388 e. The zero-order valence-corrected chi connectivity index (χ0v) is 10.5. The zero-order valence-electron chi connectivity index (χ0n) is 10.5. The number of halogens is 2. The summed E-state index contributed by atoms with van der Waals surface area (Å²) in [5.41, 5.74) is -0.710. The van der Waals surface area contributed by atoms with Crippen molar-refractivity contribution < 1.29 is 13.9 Å². The Morgan fingerprint density at radius 2 is 1.82 bits per heavy atom. The van der Waals surface area contributed by atoms with E-state index in [9.17, 15) is 13.9 Å². The fourth-order valence-electron chi connectivity index (χ4n) is 1.57. The third kappa shape index (κ3) is 3.16. The zero-order chi connectivity index (χ0) is 13.1. The van der Waals surface area contributed by atoms with Gasteiger partial charge in [0, 0.05) is 6.54 Å². The van der Waals surface area contributed by atoms with Crippen LogP contribution in [-0.4, -0.2) is 17.3 Å². The summed E-state index contributed by atoms with van der Waals surface area (Å²) in [7, 11) is 0. The number of anilines is 1. The second kappa shape index (κ2) is 5.45. The Morgan fingerprint density at radius 3 is 2.35 bits per heavy atom. The molecule has 0 radical (unpaired) electrons. The summed E-state index contributed by atoms with van der Waals surface area (Å²) in [6.45, 7) is 5.39. The first-order chi connectivity index (χ1) is 7.93. The molecule has 0 saturated heterocycles. The fraction of sp³-hybridized carbons (Fsp3) is 0.538. The third-order valence-corrected chi connectivity index (χ3v) is 3.19. The number of hydrogen-bond acceptors (Lipinski definition) is 2. The van der Waals surface area contributed by atoms with Crippen LogP contribution in [0.2, 0.25) is 0 Å². The van der Waals surface area contributed by atoms with Crippen LogP contribution in [0, 0.1) is 18.6 Å². The average Bonchev–Trinajstić information content (AvgIpc) is 2.33. The van der Waals surface area contributed by atoms with E-state index in [2.05, 4.69) is 5.32 Å². The van der Waals surface area contributed by atoms with Gasteiger partial charge in [-0.3, -0.25) is 0 Å². The highest BCUT2D eigenvalue weighted by Crippen LogP contribution is 2.23. The summed E-state index contributed by atoms with van der Waals surface area (Å²) in [6, 6.07) is 2.61. The van der Waals surface area contributed by atoms with Gasteiger partial charge in [0.25, 0.3) is 0 Å². The molecule has 0 fully saturated rings. The van der Waals surface area contributed by atoms with Crippen LogP contribution in [0.15, 0.2) is 12.1 Å². The molecule has 0 aliphatic carbocycles. The summed E-state index contributed by atoms with van der Waals surface area (Å²) in [4.78, 5) is 0. The quantitative estimate of drug-likeness (QED) is 0.832. The van der Waals surface area contributed by atoms with Crippen LogP contribution in [0.3, 0.4) is 0 Å². The molecule has 1 aromatic rings. The Labute approximate surface area is 101 Å². The molecule has 0 spiro atoms. The molecule has 0 aromatic heterocycles. The summed E-state index contributed by atoms with van der Waals surface area (Å²) in [6.07, 6.45) is 1.07. The summed E-state index contributed by atoms with van der Waals surface area (Å²) in [5.74, 6) is -1.23. The smallest absolute Gasteiger partial charge is 0.152 e. The van der Waals surface area contributed by atoms with Gasteiger partial charge in [-0.2, -0.15) is 0 Å². The SMILES string of the molecule is CCC(O)(CC)CNc1c(F)ccc(C)c1F. The third-order valence-electron chi connectivity index (χ3n) is 3.19. The first-order valence-electron chi connectivity index (χ1n) is 5.84. The molecule has 96 valence electrons. The van der Waals surface area contributed by atoms with Crippen molar-refractivity contribution in [3.05, 3.63) is 29.3 Å². The number of aliphatic hydroxyl groups is 1. The Morgan fingerprint density at radius 1 is 1.24 bits per heavy atom. The van der Waals surface area contributed by atoms with Crippen molar-refractivity contribution in [1.29, 1.82) is 0 Å². The number of rotatable bonds is 5. The molecule has 1 rings (SSSR count). The normalized spacial score (nSPS) is 11.6. The van der Waals surface area contributed by atoms with Crippen LogP contribution in [0.25, 0.3) is 0 Å². The topological polar surface area (TPSA) is 32.3 Å². The molecule has 0 aliphatic heterocycles. The lowest BCUT2D eigenvalue weighted by Gasteiger charge is -2.26. The first kappa shape index (κ1) is 13.9. The van der Waals surface area contributed by atoms with Gasteiger partial charge in [-0.05, 0) is 31.4 Å². The van der Waals surface area contributed by atoms with Gasteiger partial charge in [-0.25, -0.2) is 8.78 Å². The Kier molecular flexibility index (Phi) is 4.46. The Bertz CT molecular complexity index is 389. The van der Waals surface area contributed by atoms with E-state index in [1.807, 2.05) is 13.8 Å². The van der Waals surface area contributed by atoms with Gasteiger partial charge in [0.2, 0.25) is 0 Å². The molecule has 4 heteroatoms. The van der Waals surface area contributed by atoms with Gasteiger partial charge in [0.15, 0.2) is 5.82 Å². The minimum absolute atomic E-state index is 0.136. The van der Waals surface area contributed by atoms with E-state index in [0.29, 0.717) is 18.4 Å². The van der Waals surface area contributed by atoms with Crippen LogP contribution >= 0.6 is 0 Å². The molecular formula is C13H19F2NO. The molecule has 0 amide bonds. The molecule has 0 atom stereocenters. The molecule has 0 saturated carbocycles. The van der Waals surface area contributed by atoms with Gasteiger partial charge in [0.1, 0.15) is 11.5 Å². The second-order valence-corrected chi connectivity index (χ2v) is 4.34. The molecule has 17 heavy (non-hydrogen) atoms. The number of hydrogen-bond donors (Lipinski definition) is 2. The highest BCUT2D eigenvalue weighted by molar-refractivity contribution is 5.49. The molecule has 0 bridgehead atoms. The first-order valence-corrected chi connectivity index (χ1v) is 5.84. The Balaban J connectivity index is 2.86. The van der Waals surface area contributed by atoms with Crippen molar-refractivity contribution in [3.8, 4) is 0 Å². The van der Waals surface area contributed by atoms with Crippen molar-refractivity contribution in [3.63, 3.8) is 0 Å². The lowest BCUT2D eigenvalue weighted by atomic mass is 9.97. The summed E-state index contributed by atoms with van der Waals surface area (Å²) >= 11 is 0. The van der Waals surface area contributed by atoms with Crippen molar-refractivity contribution >= 4 is 5.69 Å². The monoisotopic (exact) mass is 243 g/mol. The van der Waals surface area contributed by atoms with E-state index in [0.717, 1.165) is 0 Å². The molecule has 2 N–H and O–H groups in total. The molecule has 0 heterocycles. The van der Waals surface area contributed by atoms with Gasteiger partial charge in [-0.1, -0.05) is 19.9 Å². The molecule has 0 aliphatic rings. The highest BCUT2D eigenvalue weighted by atomic mass is 19.1. The van der Waals surface area contributed by atoms with E-state index in [4.69, 9.17) is 0 Å². The van der Waals surface area contributed by atoms with Crippen LogP contribution in [0.4, 0.5) is 14.5 Å². The second-order valence-electron chi connectivity index (χ2n) is 4.34. The van der Waals surface area contributed by atoms with E-state index in [1.54, 1.807) is 6.92 Å². The van der Waals surface area contributed by atoms with Crippen LogP contribution < -0.4 is 5.32 Å². The maximum Gasteiger partial charge on any atom is 0.152 e. The van der Waals surface area contributed by atoms with Gasteiger partial charge in [0.05, 0.1) is 5.60 Å². The number of nitrogens with one attached hydrogen (secondary N) is 1. The van der Waals surface area contributed by atoms with Gasteiger partial charge >= 0.3 is 0 Å². The lowest BCUT2D eigenvalue weighted by Crippen LogP contribution is -2.35. The van der Waals surface area contributed by atoms with Crippen LogP contribution in [-0.2, 0) is 0 Å². The molecule has 2 nitrogen and oxygen atoms in total. The van der Waals surface area contributed by atoms with Crippen molar-refractivity contribution in [2.75, 3.05) is 11.9 Å². The van der Waals surface area contributed by atoms with Crippen molar-refractivity contribution in [2.45, 2.75) is 39.2 Å². The Hall–Kier alpha value is -1.16. The lowest BCUT2D eigenvalue weighted by molar-refractivity contribution is 0.0456.